The van der Waals surface area contributed by atoms with E-state index in [1.807, 2.05) is 5.48 Å². The summed E-state index contributed by atoms with van der Waals surface area (Å²) >= 11 is 0. The molecule has 0 unspecified atom stereocenters. The Balaban J connectivity index is 1.77. The zero-order chi connectivity index (χ0) is 19.9. The number of alkyl halides is 3. The normalized spacial score (nSPS) is 14.9. The molecule has 3 N–H and O–H groups in total. The van der Waals surface area contributed by atoms with Gasteiger partial charge in [0.2, 0.25) is 0 Å². The maximum Gasteiger partial charge on any atom is 0.431 e. The zero-order valence-electron chi connectivity index (χ0n) is 14.4. The van der Waals surface area contributed by atoms with Crippen LogP contribution in [0.15, 0.2) is 24.3 Å². The molecule has 0 spiro atoms. The van der Waals surface area contributed by atoms with Gasteiger partial charge in [0.1, 0.15) is 0 Å². The maximum absolute atomic E-state index is 12.9. The predicted octanol–water partition coefficient (Wildman–Crippen LogP) is 2.53. The molecular formula is C17H20F3N3O4. The fourth-order valence-corrected chi connectivity index (χ4v) is 2.77. The van der Waals surface area contributed by atoms with Crippen molar-refractivity contribution < 1.29 is 32.4 Å². The van der Waals surface area contributed by atoms with Crippen molar-refractivity contribution in [3.63, 3.8) is 0 Å². The van der Waals surface area contributed by atoms with Gasteiger partial charge in [-0.05, 0) is 25.0 Å². The van der Waals surface area contributed by atoms with Crippen LogP contribution in [0.5, 0.6) is 0 Å². The maximum atomic E-state index is 12.9. The van der Waals surface area contributed by atoms with Crippen LogP contribution in [-0.2, 0) is 15.8 Å². The second-order valence-corrected chi connectivity index (χ2v) is 6.12. The lowest BCUT2D eigenvalue weighted by Crippen LogP contribution is -2.43. The number of benzene rings is 1. The Hall–Kier alpha value is -2.78. The molecule has 0 aliphatic heterocycles. The van der Waals surface area contributed by atoms with E-state index in [0.29, 0.717) is 0 Å². The molecule has 1 fully saturated rings. The van der Waals surface area contributed by atoms with Crippen molar-refractivity contribution in [2.45, 2.75) is 44.3 Å². The van der Waals surface area contributed by atoms with Gasteiger partial charge in [0.15, 0.2) is 0 Å². The van der Waals surface area contributed by atoms with Crippen LogP contribution in [-0.4, -0.2) is 30.5 Å². The average molecular weight is 387 g/mol. The number of hydrogen-bond acceptors (Lipinski definition) is 4. The van der Waals surface area contributed by atoms with Crippen LogP contribution in [0.3, 0.4) is 0 Å². The summed E-state index contributed by atoms with van der Waals surface area (Å²) in [4.78, 5) is 39.6. The van der Waals surface area contributed by atoms with Gasteiger partial charge in [-0.15, -0.1) is 0 Å². The van der Waals surface area contributed by atoms with Crippen LogP contribution in [0.4, 0.5) is 18.0 Å². The summed E-state index contributed by atoms with van der Waals surface area (Å²) in [5.41, 5.74) is 0.127. The number of amides is 3. The van der Waals surface area contributed by atoms with Gasteiger partial charge in [0.05, 0.1) is 17.7 Å². The highest BCUT2D eigenvalue weighted by molar-refractivity contribution is 5.97. The Morgan fingerprint density at radius 3 is 2.41 bits per heavy atom. The number of hydrogen-bond donors (Lipinski definition) is 3. The minimum Gasteiger partial charge on any atom is -0.343 e. The fourth-order valence-electron chi connectivity index (χ4n) is 2.77. The molecule has 10 heteroatoms. The minimum atomic E-state index is -4.70. The highest BCUT2D eigenvalue weighted by Gasteiger charge is 2.34. The van der Waals surface area contributed by atoms with Gasteiger partial charge in [-0.1, -0.05) is 31.4 Å². The van der Waals surface area contributed by atoms with E-state index in [9.17, 15) is 27.6 Å². The lowest BCUT2D eigenvalue weighted by Gasteiger charge is -2.22. The lowest BCUT2D eigenvalue weighted by molar-refractivity contribution is -0.137. The van der Waals surface area contributed by atoms with E-state index in [2.05, 4.69) is 15.5 Å². The van der Waals surface area contributed by atoms with E-state index in [0.717, 1.165) is 50.3 Å². The first-order chi connectivity index (χ1) is 12.8. The third-order valence-electron chi connectivity index (χ3n) is 4.07. The quantitative estimate of drug-likeness (QED) is 0.692. The average Bonchev–Trinajstić information content (AvgIpc) is 2.64. The summed E-state index contributed by atoms with van der Waals surface area (Å²) in [7, 11) is 0. The summed E-state index contributed by atoms with van der Waals surface area (Å²) in [6.07, 6.45) is -0.748. The van der Waals surface area contributed by atoms with Gasteiger partial charge in [-0.2, -0.15) is 18.7 Å². The molecule has 1 aromatic rings. The van der Waals surface area contributed by atoms with E-state index >= 15 is 0 Å². The smallest absolute Gasteiger partial charge is 0.343 e. The summed E-state index contributed by atoms with van der Waals surface area (Å²) in [5, 5.41) is 4.65. The molecule has 0 saturated heterocycles. The van der Waals surface area contributed by atoms with E-state index in [1.54, 1.807) is 0 Å². The Bertz CT molecular complexity index is 688. The SMILES string of the molecule is O=C(CNC(=O)c1ccccc1C(F)(F)F)NOC(=O)NC1CCCCC1. The van der Waals surface area contributed by atoms with Crippen molar-refractivity contribution in [3.8, 4) is 0 Å². The van der Waals surface area contributed by atoms with Crippen molar-refractivity contribution in [1.82, 2.24) is 16.1 Å². The third-order valence-corrected chi connectivity index (χ3v) is 4.07. The van der Waals surface area contributed by atoms with E-state index in [1.165, 1.54) is 6.07 Å². The molecule has 7 nitrogen and oxygen atoms in total. The molecule has 1 saturated carbocycles. The van der Waals surface area contributed by atoms with Crippen LogP contribution in [0.25, 0.3) is 0 Å². The van der Waals surface area contributed by atoms with E-state index in [4.69, 9.17) is 0 Å². The van der Waals surface area contributed by atoms with Crippen LogP contribution >= 0.6 is 0 Å². The van der Waals surface area contributed by atoms with Crippen molar-refractivity contribution in [3.05, 3.63) is 35.4 Å². The van der Waals surface area contributed by atoms with Crippen LogP contribution in [0.1, 0.15) is 48.0 Å². The molecule has 0 radical (unpaired) electrons. The number of nitrogens with one attached hydrogen (secondary N) is 3. The topological polar surface area (TPSA) is 96.5 Å². The molecular weight excluding hydrogens is 367 g/mol. The minimum absolute atomic E-state index is 0.0123. The molecule has 0 heterocycles. The van der Waals surface area contributed by atoms with Gasteiger partial charge >= 0.3 is 12.3 Å². The number of rotatable bonds is 4. The molecule has 148 valence electrons. The molecule has 2 rings (SSSR count). The lowest BCUT2D eigenvalue weighted by atomic mass is 9.96. The first-order valence-corrected chi connectivity index (χ1v) is 8.48. The Labute approximate surface area is 153 Å². The molecule has 1 aromatic carbocycles. The van der Waals surface area contributed by atoms with E-state index < -0.39 is 41.8 Å². The van der Waals surface area contributed by atoms with Gasteiger partial charge in [0, 0.05) is 6.04 Å². The van der Waals surface area contributed by atoms with Gasteiger partial charge in [0.25, 0.3) is 11.8 Å². The molecule has 1 aliphatic rings. The van der Waals surface area contributed by atoms with Crippen LogP contribution in [0, 0.1) is 0 Å². The molecule has 0 atom stereocenters. The van der Waals surface area contributed by atoms with Crippen molar-refractivity contribution >= 4 is 17.9 Å². The summed E-state index contributed by atoms with van der Waals surface area (Å²) < 4.78 is 38.7. The monoisotopic (exact) mass is 387 g/mol. The second-order valence-electron chi connectivity index (χ2n) is 6.12. The number of hydroxylamine groups is 1. The molecule has 27 heavy (non-hydrogen) atoms. The number of halogens is 3. The Morgan fingerprint density at radius 2 is 1.74 bits per heavy atom. The third kappa shape index (κ3) is 6.46. The largest absolute Gasteiger partial charge is 0.431 e. The molecule has 3 amide bonds. The van der Waals surface area contributed by atoms with Crippen LogP contribution in [0.2, 0.25) is 0 Å². The summed E-state index contributed by atoms with van der Waals surface area (Å²) in [6, 6.07) is 4.20. The van der Waals surface area contributed by atoms with Gasteiger partial charge < -0.3 is 15.5 Å². The standard InChI is InChI=1S/C17H20F3N3O4/c18-17(19,20)13-9-5-4-8-12(13)15(25)21-10-14(24)23-27-16(26)22-11-6-2-1-3-7-11/h4-5,8-9,11H,1-3,6-7,10H2,(H,21,25)(H,22,26)(H,23,24). The van der Waals surface area contributed by atoms with Gasteiger partial charge in [-0.25, -0.2) is 4.79 Å². The fraction of sp³-hybridized carbons (Fsp3) is 0.471. The highest BCUT2D eigenvalue weighted by atomic mass is 19.4. The molecule has 1 aliphatic carbocycles. The summed E-state index contributed by atoms with van der Waals surface area (Å²) in [5.74, 6) is -1.95. The first kappa shape index (κ1) is 20.5. The molecule has 0 bridgehead atoms. The van der Waals surface area contributed by atoms with Crippen molar-refractivity contribution in [2.24, 2.45) is 0 Å². The molecule has 0 aromatic heterocycles. The van der Waals surface area contributed by atoms with Crippen molar-refractivity contribution in [2.75, 3.05) is 6.54 Å². The van der Waals surface area contributed by atoms with E-state index in [-0.39, 0.29) is 6.04 Å². The second kappa shape index (κ2) is 9.24. The Morgan fingerprint density at radius 1 is 1.07 bits per heavy atom. The number of carbonyl (C=O) groups is 3. The Kier molecular flexibility index (Phi) is 7.03. The highest BCUT2D eigenvalue weighted by Crippen LogP contribution is 2.31. The number of carbonyl (C=O) groups excluding carboxylic acids is 3. The van der Waals surface area contributed by atoms with Crippen LogP contribution < -0.4 is 16.1 Å². The predicted molar refractivity (Wildman–Crippen MR) is 88.4 cm³/mol. The first-order valence-electron chi connectivity index (χ1n) is 8.48. The zero-order valence-corrected chi connectivity index (χ0v) is 14.4. The van der Waals surface area contributed by atoms with Gasteiger partial charge in [-0.3, -0.25) is 9.59 Å². The van der Waals surface area contributed by atoms with Crippen molar-refractivity contribution in [1.29, 1.82) is 0 Å². The summed E-state index contributed by atoms with van der Waals surface area (Å²) in [6.45, 7) is -0.651.